The number of nitrogens with zero attached hydrogens (tertiary/aromatic N) is 1. The Morgan fingerprint density at radius 1 is 1.50 bits per heavy atom. The van der Waals surface area contributed by atoms with Crippen LogP contribution < -0.4 is 0 Å². The van der Waals surface area contributed by atoms with Crippen molar-refractivity contribution in [3.63, 3.8) is 0 Å². The summed E-state index contributed by atoms with van der Waals surface area (Å²) in [6.07, 6.45) is 2.02. The zero-order valence-electron chi connectivity index (χ0n) is 7.74. The second kappa shape index (κ2) is 4.91. The van der Waals surface area contributed by atoms with Gasteiger partial charge >= 0.3 is 0 Å². The lowest BCUT2D eigenvalue weighted by Gasteiger charge is -1.95. The van der Waals surface area contributed by atoms with Crippen LogP contribution in [-0.2, 0) is 0 Å². The molecule has 0 fully saturated rings. The van der Waals surface area contributed by atoms with Gasteiger partial charge in [0.2, 0.25) is 5.70 Å². The van der Waals surface area contributed by atoms with Gasteiger partial charge in [0.05, 0.1) is 4.92 Å². The van der Waals surface area contributed by atoms with E-state index in [1.165, 1.54) is 0 Å². The second-order valence-corrected chi connectivity index (χ2v) is 3.71. The summed E-state index contributed by atoms with van der Waals surface area (Å²) in [5, 5.41) is 10.5. The minimum atomic E-state index is -0.345. The Labute approximate surface area is 90.7 Å². The minimum Gasteiger partial charge on any atom is -0.259 e. The van der Waals surface area contributed by atoms with E-state index in [1.54, 1.807) is 13.0 Å². The van der Waals surface area contributed by atoms with E-state index in [0.717, 1.165) is 10.0 Å². The van der Waals surface area contributed by atoms with E-state index in [2.05, 4.69) is 15.9 Å². The first-order chi connectivity index (χ1) is 6.63. The highest BCUT2D eigenvalue weighted by Gasteiger charge is 2.06. The Morgan fingerprint density at radius 2 is 2.07 bits per heavy atom. The third kappa shape index (κ3) is 2.96. The molecule has 0 saturated carbocycles. The molecule has 0 spiro atoms. The maximum Gasteiger partial charge on any atom is 0.246 e. The van der Waals surface area contributed by atoms with Crippen LogP contribution in [0.5, 0.6) is 0 Å². The molecule has 0 aliphatic rings. The summed E-state index contributed by atoms with van der Waals surface area (Å²) in [5.41, 5.74) is 1.08. The Morgan fingerprint density at radius 3 is 2.50 bits per heavy atom. The zero-order valence-corrected chi connectivity index (χ0v) is 9.32. The van der Waals surface area contributed by atoms with E-state index in [-0.39, 0.29) is 10.6 Å². The Hall–Kier alpha value is -1.16. The summed E-state index contributed by atoms with van der Waals surface area (Å²) in [5.74, 6) is 0. The quantitative estimate of drug-likeness (QED) is 0.613. The summed E-state index contributed by atoms with van der Waals surface area (Å²) >= 11 is 3.30. The van der Waals surface area contributed by atoms with Crippen molar-refractivity contribution in [1.82, 2.24) is 0 Å². The van der Waals surface area contributed by atoms with Crippen molar-refractivity contribution in [2.24, 2.45) is 0 Å². The first kappa shape index (κ1) is 10.9. The molecule has 14 heavy (non-hydrogen) atoms. The predicted octanol–water partition coefficient (Wildman–Crippen LogP) is 3.48. The number of halogens is 1. The van der Waals surface area contributed by atoms with Gasteiger partial charge in [-0.3, -0.25) is 10.1 Å². The van der Waals surface area contributed by atoms with E-state index >= 15 is 0 Å². The third-order valence-electron chi connectivity index (χ3n) is 1.80. The molecule has 0 aliphatic heterocycles. The van der Waals surface area contributed by atoms with E-state index in [9.17, 15) is 10.1 Å². The van der Waals surface area contributed by atoms with Gasteiger partial charge in [-0.05, 0) is 17.7 Å². The largest absolute Gasteiger partial charge is 0.259 e. The fourth-order valence-electron chi connectivity index (χ4n) is 1.04. The van der Waals surface area contributed by atoms with Gasteiger partial charge in [0.15, 0.2) is 0 Å². The molecular weight excluding hydrogens is 246 g/mol. The highest BCUT2D eigenvalue weighted by Crippen LogP contribution is 2.14. The Kier molecular flexibility index (Phi) is 3.83. The van der Waals surface area contributed by atoms with Gasteiger partial charge in [-0.25, -0.2) is 0 Å². The fourth-order valence-corrected chi connectivity index (χ4v) is 1.30. The van der Waals surface area contributed by atoms with Crippen molar-refractivity contribution in [2.45, 2.75) is 13.3 Å². The van der Waals surface area contributed by atoms with E-state index in [0.29, 0.717) is 6.42 Å². The van der Waals surface area contributed by atoms with Crippen molar-refractivity contribution in [2.75, 3.05) is 0 Å². The van der Waals surface area contributed by atoms with Gasteiger partial charge in [0.25, 0.3) is 0 Å². The van der Waals surface area contributed by atoms with Gasteiger partial charge in [0, 0.05) is 17.0 Å². The van der Waals surface area contributed by atoms with Crippen LogP contribution in [0.2, 0.25) is 0 Å². The molecule has 0 N–H and O–H groups in total. The zero-order chi connectivity index (χ0) is 10.6. The van der Waals surface area contributed by atoms with Gasteiger partial charge in [0.1, 0.15) is 0 Å². The van der Waals surface area contributed by atoms with Crippen LogP contribution in [0.4, 0.5) is 0 Å². The standard InChI is InChI=1S/C10H10BrNO2/c1-2-10(12(13)14)7-8-3-5-9(11)6-4-8/h3-7H,2H2,1H3. The third-order valence-corrected chi connectivity index (χ3v) is 2.33. The molecule has 4 heteroatoms. The normalized spacial score (nSPS) is 11.4. The molecule has 0 radical (unpaired) electrons. The topological polar surface area (TPSA) is 43.1 Å². The monoisotopic (exact) mass is 255 g/mol. The molecule has 0 atom stereocenters. The van der Waals surface area contributed by atoms with Gasteiger partial charge in [-0.15, -0.1) is 0 Å². The summed E-state index contributed by atoms with van der Waals surface area (Å²) in [6.45, 7) is 1.77. The summed E-state index contributed by atoms with van der Waals surface area (Å²) in [4.78, 5) is 10.2. The van der Waals surface area contributed by atoms with E-state index in [1.807, 2.05) is 24.3 Å². The fraction of sp³-hybridized carbons (Fsp3) is 0.200. The van der Waals surface area contributed by atoms with E-state index < -0.39 is 0 Å². The Balaban J connectivity index is 2.95. The van der Waals surface area contributed by atoms with Crippen molar-refractivity contribution < 1.29 is 4.92 Å². The number of nitro groups is 1. The highest BCUT2D eigenvalue weighted by atomic mass is 79.9. The molecule has 0 heterocycles. The van der Waals surface area contributed by atoms with Crippen LogP contribution in [0.25, 0.3) is 6.08 Å². The average Bonchev–Trinajstić information content (AvgIpc) is 2.16. The summed E-state index contributed by atoms with van der Waals surface area (Å²) in [7, 11) is 0. The molecule has 1 rings (SSSR count). The van der Waals surface area contributed by atoms with Crippen molar-refractivity contribution in [1.29, 1.82) is 0 Å². The van der Waals surface area contributed by atoms with Crippen LogP contribution >= 0.6 is 15.9 Å². The average molecular weight is 256 g/mol. The van der Waals surface area contributed by atoms with Crippen LogP contribution in [0.15, 0.2) is 34.4 Å². The molecule has 74 valence electrons. The molecule has 0 aromatic heterocycles. The van der Waals surface area contributed by atoms with Crippen LogP contribution in [0.1, 0.15) is 18.9 Å². The number of hydrogen-bond acceptors (Lipinski definition) is 2. The molecule has 0 aliphatic carbocycles. The molecule has 3 nitrogen and oxygen atoms in total. The smallest absolute Gasteiger partial charge is 0.246 e. The second-order valence-electron chi connectivity index (χ2n) is 2.80. The number of benzene rings is 1. The first-order valence-corrected chi connectivity index (χ1v) is 5.03. The van der Waals surface area contributed by atoms with Gasteiger partial charge in [-0.2, -0.15) is 0 Å². The first-order valence-electron chi connectivity index (χ1n) is 4.24. The lowest BCUT2D eigenvalue weighted by molar-refractivity contribution is -0.425. The molecule has 1 aromatic carbocycles. The predicted molar refractivity (Wildman–Crippen MR) is 59.4 cm³/mol. The van der Waals surface area contributed by atoms with Crippen molar-refractivity contribution >= 4 is 22.0 Å². The van der Waals surface area contributed by atoms with Crippen molar-refractivity contribution in [3.8, 4) is 0 Å². The molecule has 0 unspecified atom stereocenters. The lowest BCUT2D eigenvalue weighted by atomic mass is 10.2. The van der Waals surface area contributed by atoms with Gasteiger partial charge in [-0.1, -0.05) is 35.0 Å². The van der Waals surface area contributed by atoms with E-state index in [4.69, 9.17) is 0 Å². The summed E-state index contributed by atoms with van der Waals surface area (Å²) in [6, 6.07) is 7.39. The number of hydrogen-bond donors (Lipinski definition) is 0. The molecular formula is C10H10BrNO2. The SMILES string of the molecule is CCC(=Cc1ccc(Br)cc1)[N+](=O)[O-]. The minimum absolute atomic E-state index is 0.229. The van der Waals surface area contributed by atoms with Crippen molar-refractivity contribution in [3.05, 3.63) is 50.1 Å². The Bertz CT molecular complexity index is 357. The van der Waals surface area contributed by atoms with Crippen LogP contribution in [0.3, 0.4) is 0 Å². The van der Waals surface area contributed by atoms with Crippen LogP contribution in [0, 0.1) is 10.1 Å². The molecule has 1 aromatic rings. The highest BCUT2D eigenvalue weighted by molar-refractivity contribution is 9.10. The van der Waals surface area contributed by atoms with Gasteiger partial charge < -0.3 is 0 Å². The number of rotatable bonds is 3. The molecule has 0 bridgehead atoms. The number of allylic oxidation sites excluding steroid dienone is 1. The molecule has 0 amide bonds. The summed E-state index contributed by atoms with van der Waals surface area (Å²) < 4.78 is 0.966. The maximum atomic E-state index is 10.5. The lowest BCUT2D eigenvalue weighted by Crippen LogP contribution is -1.96. The molecule has 0 saturated heterocycles. The van der Waals surface area contributed by atoms with Crippen LogP contribution in [-0.4, -0.2) is 4.92 Å². The maximum absolute atomic E-state index is 10.5.